The molecule has 2 fully saturated rings. The van der Waals surface area contributed by atoms with Gasteiger partial charge in [0.05, 0.1) is 0 Å². The van der Waals surface area contributed by atoms with Gasteiger partial charge in [-0.3, -0.25) is 0 Å². The summed E-state index contributed by atoms with van der Waals surface area (Å²) >= 11 is 0. The normalized spacial score (nSPS) is 25.7. The molecule has 0 amide bonds. The Labute approximate surface area is 194 Å². The molecule has 10 radical (unpaired) electrons. The predicted molar refractivity (Wildman–Crippen MR) is 120 cm³/mol. The van der Waals surface area contributed by atoms with Gasteiger partial charge in [-0.25, -0.2) is 0 Å². The van der Waals surface area contributed by atoms with Gasteiger partial charge in [0.2, 0.25) is 0 Å². The Morgan fingerprint density at radius 3 is 0.857 bits per heavy atom. The molecular formula is C27H40Ti+2. The maximum absolute atomic E-state index is 3.80. The molecule has 0 N–H and O–H groups in total. The molecule has 3 aliphatic rings. The van der Waals surface area contributed by atoms with Gasteiger partial charge in [0.15, 0.2) is 0 Å². The summed E-state index contributed by atoms with van der Waals surface area (Å²) in [5.41, 5.74) is 1.21. The van der Waals surface area contributed by atoms with E-state index in [4.69, 9.17) is 0 Å². The summed E-state index contributed by atoms with van der Waals surface area (Å²) in [6.07, 6.45) is 8.15. The first-order valence-electron chi connectivity index (χ1n) is 10.3. The van der Waals surface area contributed by atoms with Gasteiger partial charge < -0.3 is 18.6 Å². The monoisotopic (exact) mass is 412 g/mol. The third-order valence-electron chi connectivity index (χ3n) is 6.91. The average molecular weight is 412 g/mol. The fraction of sp³-hybridized carbons (Fsp3) is 0.519. The van der Waals surface area contributed by atoms with Crippen LogP contribution in [0.15, 0.2) is 5.57 Å². The molecule has 0 bridgehead atoms. The van der Waals surface area contributed by atoms with Crippen LogP contribution >= 0.6 is 0 Å². The zero-order chi connectivity index (χ0) is 20.9. The summed E-state index contributed by atoms with van der Waals surface area (Å²) in [5.74, 6) is 14.7. The quantitative estimate of drug-likeness (QED) is 0.279. The Morgan fingerprint density at radius 1 is 0.500 bits per heavy atom. The van der Waals surface area contributed by atoms with Gasteiger partial charge in [-0.15, -0.1) is 0 Å². The summed E-state index contributed by atoms with van der Waals surface area (Å²) in [6.45, 7) is 25.8. The molecule has 0 aromatic carbocycles. The van der Waals surface area contributed by atoms with Gasteiger partial charge in [-0.2, -0.15) is 6.42 Å². The molecule has 28 heavy (non-hydrogen) atoms. The maximum Gasteiger partial charge on any atom is 4.00 e. The van der Waals surface area contributed by atoms with Crippen LogP contribution in [-0.4, -0.2) is 0 Å². The van der Waals surface area contributed by atoms with Crippen LogP contribution in [0.2, 0.25) is 0 Å². The molecule has 0 aromatic heterocycles. The first-order valence-corrected chi connectivity index (χ1v) is 10.3. The third kappa shape index (κ3) is 7.23. The van der Waals surface area contributed by atoms with E-state index in [0.717, 1.165) is 6.42 Å². The van der Waals surface area contributed by atoms with Crippen LogP contribution in [0.1, 0.15) is 94.9 Å². The molecule has 3 aliphatic carbocycles. The second-order valence-corrected chi connectivity index (χ2v) is 8.24. The molecule has 2 saturated carbocycles. The summed E-state index contributed by atoms with van der Waals surface area (Å²) in [5, 5.41) is 0. The molecule has 0 spiro atoms. The molecule has 0 aromatic rings. The van der Waals surface area contributed by atoms with E-state index in [-0.39, 0.29) is 21.7 Å². The van der Waals surface area contributed by atoms with Gasteiger partial charge in [-0.05, 0) is 59.2 Å². The molecule has 150 valence electrons. The van der Waals surface area contributed by atoms with Gasteiger partial charge in [0.25, 0.3) is 0 Å². The van der Waals surface area contributed by atoms with E-state index in [1.807, 2.05) is 0 Å². The van der Waals surface area contributed by atoms with Crippen LogP contribution in [0.3, 0.4) is 0 Å². The number of allylic oxidation sites excluding steroid dienone is 2. The van der Waals surface area contributed by atoms with Crippen molar-refractivity contribution in [3.05, 3.63) is 77.8 Å². The van der Waals surface area contributed by atoms with E-state index in [9.17, 15) is 0 Å². The van der Waals surface area contributed by atoms with Crippen LogP contribution in [0.25, 0.3) is 0 Å². The van der Waals surface area contributed by atoms with Gasteiger partial charge in [0, 0.05) is 0 Å². The molecule has 0 heterocycles. The van der Waals surface area contributed by atoms with Crippen molar-refractivity contribution in [2.75, 3.05) is 0 Å². The molecule has 0 nitrogen and oxygen atoms in total. The van der Waals surface area contributed by atoms with E-state index in [1.165, 1.54) is 84.0 Å². The van der Waals surface area contributed by atoms with Gasteiger partial charge in [0.1, 0.15) is 0 Å². The topological polar surface area (TPSA) is 0 Å². The molecule has 0 atom stereocenters. The second kappa shape index (κ2) is 12.9. The average Bonchev–Trinajstić information content (AvgIpc) is 2.94. The second-order valence-electron chi connectivity index (χ2n) is 8.24. The van der Waals surface area contributed by atoms with Crippen molar-refractivity contribution in [3.8, 4) is 0 Å². The number of hydrogen-bond acceptors (Lipinski definition) is 0. The smallest absolute Gasteiger partial charge is 0.528 e. The molecule has 0 unspecified atom stereocenters. The van der Waals surface area contributed by atoms with Crippen molar-refractivity contribution in [2.45, 2.75) is 94.9 Å². The summed E-state index contributed by atoms with van der Waals surface area (Å²) in [7, 11) is 0. The Morgan fingerprint density at radius 2 is 0.750 bits per heavy atom. The molecule has 1 heteroatoms. The Hall–Kier alpha value is 0.324. The van der Waals surface area contributed by atoms with Crippen molar-refractivity contribution in [2.24, 2.45) is 0 Å². The largest absolute Gasteiger partial charge is 4.00 e. The molecule has 3 rings (SSSR count). The number of rotatable bonds is 0. The molecule has 0 aliphatic heterocycles. The van der Waals surface area contributed by atoms with Crippen LogP contribution in [0, 0.1) is 72.2 Å². The minimum Gasteiger partial charge on any atom is -0.528 e. The number of hydrogen-bond donors (Lipinski definition) is 0. The summed E-state index contributed by atoms with van der Waals surface area (Å²) in [6, 6.07) is 0. The summed E-state index contributed by atoms with van der Waals surface area (Å²) < 4.78 is 0. The first kappa shape index (κ1) is 28.3. The molecule has 0 saturated heterocycles. The van der Waals surface area contributed by atoms with Crippen LogP contribution in [0.4, 0.5) is 0 Å². The zero-order valence-electron chi connectivity index (χ0n) is 20.0. The maximum atomic E-state index is 3.80. The third-order valence-corrected chi connectivity index (χ3v) is 6.91. The minimum atomic E-state index is 0. The Balaban J connectivity index is 0.000000390. The van der Waals surface area contributed by atoms with Crippen molar-refractivity contribution in [1.29, 1.82) is 0 Å². The van der Waals surface area contributed by atoms with Crippen molar-refractivity contribution >= 4 is 0 Å². The van der Waals surface area contributed by atoms with Gasteiger partial charge >= 0.3 is 21.7 Å². The standard InChI is InChI=1S/2C10H15.C7H10.Ti/c2*1-6-7(2)9(4)10(5)8(6)3;1-7-5-3-2-4-6-7;/h2*1-5H3;1-5H2;/q;;-2;+4. The Kier molecular flexibility index (Phi) is 13.0. The van der Waals surface area contributed by atoms with Crippen LogP contribution in [0.5, 0.6) is 0 Å². The van der Waals surface area contributed by atoms with Crippen molar-refractivity contribution < 1.29 is 21.7 Å². The predicted octanol–water partition coefficient (Wildman–Crippen LogP) is 8.07. The van der Waals surface area contributed by atoms with E-state index in [0.29, 0.717) is 0 Å². The first-order chi connectivity index (χ1) is 12.5. The fourth-order valence-electron chi connectivity index (χ4n) is 3.63. The molecular weight excluding hydrogens is 372 g/mol. The van der Waals surface area contributed by atoms with E-state index >= 15 is 0 Å². The zero-order valence-corrected chi connectivity index (χ0v) is 21.6. The fourth-order valence-corrected chi connectivity index (χ4v) is 3.63. The van der Waals surface area contributed by atoms with Crippen molar-refractivity contribution in [1.82, 2.24) is 0 Å². The van der Waals surface area contributed by atoms with E-state index in [2.05, 4.69) is 82.2 Å². The minimum absolute atomic E-state index is 0. The van der Waals surface area contributed by atoms with Crippen LogP contribution < -0.4 is 0 Å². The van der Waals surface area contributed by atoms with E-state index < -0.39 is 0 Å². The van der Waals surface area contributed by atoms with Gasteiger partial charge in [-0.1, -0.05) is 88.5 Å². The summed E-state index contributed by atoms with van der Waals surface area (Å²) in [4.78, 5) is 0. The van der Waals surface area contributed by atoms with Crippen LogP contribution in [-0.2, 0) is 21.7 Å². The SMILES string of the molecule is C[C]1[C](C)[C](C)[C](C)[C]1C.C[C]1[C](C)[C](C)[C](C)[C]1C.[CH2-]C1=[C-]CCCC1.[Ti+4]. The Bertz CT molecular complexity index is 334. The van der Waals surface area contributed by atoms with Crippen molar-refractivity contribution in [3.63, 3.8) is 0 Å². The van der Waals surface area contributed by atoms with E-state index in [1.54, 1.807) is 0 Å².